The maximum atomic E-state index is 4.70. The van der Waals surface area contributed by atoms with Crippen molar-refractivity contribution < 1.29 is 0 Å². The molecular formula is C14H11N3. The van der Waals surface area contributed by atoms with Gasteiger partial charge in [-0.05, 0) is 18.4 Å². The number of aryl methyl sites for hydroxylation is 2. The average molecular weight is 221 g/mol. The summed E-state index contributed by atoms with van der Waals surface area (Å²) in [5.74, 6) is 0. The van der Waals surface area contributed by atoms with E-state index in [1.54, 1.807) is 0 Å². The van der Waals surface area contributed by atoms with Gasteiger partial charge in [-0.2, -0.15) is 0 Å². The summed E-state index contributed by atoms with van der Waals surface area (Å²) in [6.45, 7) is 0. The van der Waals surface area contributed by atoms with Crippen LogP contribution in [0.2, 0.25) is 0 Å². The van der Waals surface area contributed by atoms with Crippen LogP contribution in [0.4, 0.5) is 0 Å². The van der Waals surface area contributed by atoms with Crippen molar-refractivity contribution in [1.82, 2.24) is 14.4 Å². The van der Waals surface area contributed by atoms with Gasteiger partial charge in [0.15, 0.2) is 5.65 Å². The van der Waals surface area contributed by atoms with Crippen LogP contribution in [-0.2, 0) is 12.8 Å². The molecule has 0 saturated heterocycles. The first-order valence-corrected chi connectivity index (χ1v) is 5.83. The first kappa shape index (κ1) is 8.93. The van der Waals surface area contributed by atoms with E-state index in [1.807, 2.05) is 18.6 Å². The number of fused-ring (bicyclic) bond motifs is 5. The largest absolute Gasteiger partial charge is 0.301 e. The normalized spacial score (nSPS) is 13.4. The van der Waals surface area contributed by atoms with E-state index in [4.69, 9.17) is 4.98 Å². The van der Waals surface area contributed by atoms with Gasteiger partial charge in [0, 0.05) is 18.0 Å². The van der Waals surface area contributed by atoms with Crippen molar-refractivity contribution in [3.05, 3.63) is 54.1 Å². The summed E-state index contributed by atoms with van der Waals surface area (Å²) in [5, 5.41) is 0. The Morgan fingerprint density at radius 2 is 2.06 bits per heavy atom. The monoisotopic (exact) mass is 221 g/mol. The predicted octanol–water partition coefficient (Wildman–Crippen LogP) is 2.49. The predicted molar refractivity (Wildman–Crippen MR) is 65.8 cm³/mol. The molecule has 0 saturated carbocycles. The molecule has 3 aromatic rings. The minimum absolute atomic E-state index is 0.939. The van der Waals surface area contributed by atoms with Crippen LogP contribution >= 0.6 is 0 Å². The fraction of sp³-hybridized carbons (Fsp3) is 0.143. The quantitative estimate of drug-likeness (QED) is 0.584. The molecule has 4 rings (SSSR count). The van der Waals surface area contributed by atoms with Gasteiger partial charge in [0.05, 0.1) is 17.6 Å². The van der Waals surface area contributed by atoms with E-state index in [2.05, 4.69) is 33.7 Å². The molecule has 0 aliphatic heterocycles. The number of aromatic nitrogens is 3. The van der Waals surface area contributed by atoms with Crippen LogP contribution in [0, 0.1) is 0 Å². The molecule has 1 aliphatic carbocycles. The molecule has 1 aliphatic rings. The van der Waals surface area contributed by atoms with Crippen molar-refractivity contribution in [3.8, 4) is 11.3 Å². The van der Waals surface area contributed by atoms with E-state index in [1.165, 1.54) is 16.8 Å². The van der Waals surface area contributed by atoms with Crippen molar-refractivity contribution in [2.45, 2.75) is 12.8 Å². The lowest BCUT2D eigenvalue weighted by Crippen LogP contribution is -2.05. The lowest BCUT2D eigenvalue weighted by Gasteiger charge is -2.15. The Morgan fingerprint density at radius 1 is 1.12 bits per heavy atom. The highest BCUT2D eigenvalue weighted by molar-refractivity contribution is 5.71. The molecule has 0 bridgehead atoms. The smallest absolute Gasteiger partial charge is 0.156 e. The van der Waals surface area contributed by atoms with E-state index in [9.17, 15) is 0 Å². The molecule has 17 heavy (non-hydrogen) atoms. The maximum Gasteiger partial charge on any atom is 0.156 e. The second-order valence-corrected chi connectivity index (χ2v) is 4.37. The molecule has 2 heterocycles. The molecule has 0 radical (unpaired) electrons. The molecule has 82 valence electrons. The standard InChI is InChI=1S/C14H11N3/c1-2-4-11-10(3-1)5-6-12-14(11)16-13-9-15-7-8-17(12)13/h1-4,7-9H,5-6H2. The molecule has 3 nitrogen and oxygen atoms in total. The van der Waals surface area contributed by atoms with Gasteiger partial charge in [0.2, 0.25) is 0 Å². The lowest BCUT2D eigenvalue weighted by molar-refractivity contribution is 0.878. The Balaban J connectivity index is 2.10. The molecule has 3 heteroatoms. The zero-order valence-electron chi connectivity index (χ0n) is 9.30. The number of benzene rings is 1. The fourth-order valence-electron chi connectivity index (χ4n) is 2.63. The van der Waals surface area contributed by atoms with Gasteiger partial charge in [-0.15, -0.1) is 0 Å². The summed E-state index contributed by atoms with van der Waals surface area (Å²) in [6.07, 6.45) is 7.78. The van der Waals surface area contributed by atoms with Gasteiger partial charge in [-0.3, -0.25) is 4.98 Å². The highest BCUT2D eigenvalue weighted by atomic mass is 15.0. The third kappa shape index (κ3) is 1.16. The van der Waals surface area contributed by atoms with Gasteiger partial charge < -0.3 is 4.40 Å². The van der Waals surface area contributed by atoms with Crippen molar-refractivity contribution in [3.63, 3.8) is 0 Å². The van der Waals surface area contributed by atoms with E-state index in [0.29, 0.717) is 0 Å². The highest BCUT2D eigenvalue weighted by Crippen LogP contribution is 2.32. The van der Waals surface area contributed by atoms with E-state index in [0.717, 1.165) is 24.2 Å². The fourth-order valence-corrected chi connectivity index (χ4v) is 2.63. The van der Waals surface area contributed by atoms with Crippen LogP contribution in [0.1, 0.15) is 11.3 Å². The van der Waals surface area contributed by atoms with Crippen LogP contribution < -0.4 is 0 Å². The SMILES string of the molecule is c1ccc2c(c1)CCc1c-2nc2cnccn12. The third-order valence-corrected chi connectivity index (χ3v) is 3.43. The number of imidazole rings is 1. The van der Waals surface area contributed by atoms with E-state index in [-0.39, 0.29) is 0 Å². The Hall–Kier alpha value is -2.16. The maximum absolute atomic E-state index is 4.70. The number of hydrogen-bond donors (Lipinski definition) is 0. The van der Waals surface area contributed by atoms with Gasteiger partial charge in [0.25, 0.3) is 0 Å². The summed E-state index contributed by atoms with van der Waals surface area (Å²) in [5.41, 5.74) is 6.05. The number of rotatable bonds is 0. The number of nitrogens with zero attached hydrogens (tertiary/aromatic N) is 3. The topological polar surface area (TPSA) is 30.2 Å². The first-order chi connectivity index (χ1) is 8.43. The van der Waals surface area contributed by atoms with Crippen molar-refractivity contribution in [2.75, 3.05) is 0 Å². The minimum atomic E-state index is 0.939. The van der Waals surface area contributed by atoms with Crippen LogP contribution in [0.15, 0.2) is 42.9 Å². The van der Waals surface area contributed by atoms with E-state index >= 15 is 0 Å². The second kappa shape index (κ2) is 3.17. The average Bonchev–Trinajstić information content (AvgIpc) is 2.78. The summed E-state index contributed by atoms with van der Waals surface area (Å²) in [7, 11) is 0. The van der Waals surface area contributed by atoms with Crippen LogP contribution in [0.25, 0.3) is 16.9 Å². The van der Waals surface area contributed by atoms with Crippen molar-refractivity contribution in [2.24, 2.45) is 0 Å². The minimum Gasteiger partial charge on any atom is -0.301 e. The molecule has 0 N–H and O–H groups in total. The van der Waals surface area contributed by atoms with Crippen LogP contribution in [-0.4, -0.2) is 14.4 Å². The van der Waals surface area contributed by atoms with E-state index < -0.39 is 0 Å². The third-order valence-electron chi connectivity index (χ3n) is 3.43. The Kier molecular flexibility index (Phi) is 1.66. The molecule has 1 aromatic carbocycles. The summed E-state index contributed by atoms with van der Waals surface area (Å²) in [6, 6.07) is 8.53. The summed E-state index contributed by atoms with van der Waals surface area (Å²) < 4.78 is 2.15. The van der Waals surface area contributed by atoms with Crippen LogP contribution in [0.5, 0.6) is 0 Å². The van der Waals surface area contributed by atoms with Gasteiger partial charge in [-0.25, -0.2) is 4.98 Å². The number of hydrogen-bond acceptors (Lipinski definition) is 2. The molecule has 0 fully saturated rings. The molecule has 0 unspecified atom stereocenters. The molecule has 0 spiro atoms. The summed E-state index contributed by atoms with van der Waals surface area (Å²) in [4.78, 5) is 8.82. The lowest BCUT2D eigenvalue weighted by atomic mass is 9.92. The highest BCUT2D eigenvalue weighted by Gasteiger charge is 2.20. The van der Waals surface area contributed by atoms with Gasteiger partial charge >= 0.3 is 0 Å². The molecule has 0 atom stereocenters. The van der Waals surface area contributed by atoms with Gasteiger partial charge in [0.1, 0.15) is 0 Å². The van der Waals surface area contributed by atoms with Crippen molar-refractivity contribution in [1.29, 1.82) is 0 Å². The Bertz CT molecular complexity index is 712. The zero-order valence-corrected chi connectivity index (χ0v) is 9.30. The molecule has 0 amide bonds. The molecule has 2 aromatic heterocycles. The molecular weight excluding hydrogens is 210 g/mol. The zero-order chi connectivity index (χ0) is 11.2. The first-order valence-electron chi connectivity index (χ1n) is 5.83. The Morgan fingerprint density at radius 3 is 3.06 bits per heavy atom. The second-order valence-electron chi connectivity index (χ2n) is 4.37. The van der Waals surface area contributed by atoms with Gasteiger partial charge in [-0.1, -0.05) is 24.3 Å². The Labute approximate surface area is 98.8 Å². The summed E-state index contributed by atoms with van der Waals surface area (Å²) >= 11 is 0. The van der Waals surface area contributed by atoms with Crippen molar-refractivity contribution >= 4 is 5.65 Å². The van der Waals surface area contributed by atoms with Crippen LogP contribution in [0.3, 0.4) is 0 Å².